The van der Waals surface area contributed by atoms with Crippen molar-refractivity contribution in [2.24, 2.45) is 0 Å². The fourth-order valence-electron chi connectivity index (χ4n) is 5.32. The molecule has 40 heavy (non-hydrogen) atoms. The zero-order valence-electron chi connectivity index (χ0n) is 22.4. The Morgan fingerprint density at radius 1 is 0.900 bits per heavy atom. The van der Waals surface area contributed by atoms with Crippen LogP contribution in [-0.2, 0) is 17.7 Å². The van der Waals surface area contributed by atoms with Crippen molar-refractivity contribution in [2.75, 3.05) is 5.32 Å². The molecule has 6 heteroatoms. The predicted octanol–water partition coefficient (Wildman–Crippen LogP) is 6.80. The van der Waals surface area contributed by atoms with Gasteiger partial charge in [-0.2, -0.15) is 0 Å². The first-order valence-corrected chi connectivity index (χ1v) is 13.8. The second-order valence-electron chi connectivity index (χ2n) is 10.2. The summed E-state index contributed by atoms with van der Waals surface area (Å²) < 4.78 is 7.91. The fraction of sp³-hybridized carbons (Fsp3) is 0.206. The number of ether oxygens (including phenoxy) is 1. The quantitative estimate of drug-likeness (QED) is 0.252. The maximum absolute atomic E-state index is 13.9. The van der Waals surface area contributed by atoms with Gasteiger partial charge in [-0.1, -0.05) is 85.8 Å². The molecule has 1 N–H and O–H groups in total. The van der Waals surface area contributed by atoms with Crippen molar-refractivity contribution >= 4 is 22.8 Å². The third-order valence-electron chi connectivity index (χ3n) is 7.58. The SMILES string of the molecule is CCc1ccc(-c2ccc3c(=O)n(CC4CCC(c5ccccc5)O4)c(NC(=O)c4ccccc4)nc3c2)cc1. The van der Waals surface area contributed by atoms with Gasteiger partial charge in [0.2, 0.25) is 5.95 Å². The molecule has 4 aromatic carbocycles. The van der Waals surface area contributed by atoms with Crippen LogP contribution in [0.3, 0.4) is 0 Å². The summed E-state index contributed by atoms with van der Waals surface area (Å²) in [6, 6.07) is 33.2. The smallest absolute Gasteiger partial charge is 0.262 e. The van der Waals surface area contributed by atoms with Gasteiger partial charge in [0.1, 0.15) is 0 Å². The third-order valence-corrected chi connectivity index (χ3v) is 7.58. The Kier molecular flexibility index (Phi) is 7.25. The molecule has 1 aliphatic heterocycles. The van der Waals surface area contributed by atoms with E-state index in [1.54, 1.807) is 16.7 Å². The van der Waals surface area contributed by atoms with Crippen molar-refractivity contribution in [2.45, 2.75) is 44.9 Å². The van der Waals surface area contributed by atoms with Crippen LogP contribution in [0.25, 0.3) is 22.0 Å². The van der Waals surface area contributed by atoms with Gasteiger partial charge in [0.25, 0.3) is 11.5 Å². The molecule has 0 radical (unpaired) electrons. The lowest BCUT2D eigenvalue weighted by atomic mass is 10.0. The minimum Gasteiger partial charge on any atom is -0.368 e. The molecule has 1 saturated heterocycles. The maximum atomic E-state index is 13.9. The van der Waals surface area contributed by atoms with Gasteiger partial charge in [-0.3, -0.25) is 19.5 Å². The van der Waals surface area contributed by atoms with Gasteiger partial charge in [-0.25, -0.2) is 4.98 Å². The number of hydrogen-bond acceptors (Lipinski definition) is 4. The lowest BCUT2D eigenvalue weighted by Gasteiger charge is -2.19. The molecule has 0 aliphatic carbocycles. The Bertz CT molecular complexity index is 1700. The van der Waals surface area contributed by atoms with E-state index in [4.69, 9.17) is 9.72 Å². The summed E-state index contributed by atoms with van der Waals surface area (Å²) in [5, 5.41) is 3.41. The standard InChI is InChI=1S/C34H31N3O3/c1-2-23-13-15-24(16-14-23)27-17-19-29-30(21-27)35-34(36-32(38)26-11-7-4-8-12-26)37(33(29)39)22-28-18-20-31(40-28)25-9-5-3-6-10-25/h3-17,19,21,28,31H,2,18,20,22H2,1H3,(H,35,36,38). The summed E-state index contributed by atoms with van der Waals surface area (Å²) in [4.78, 5) is 31.8. The molecular weight excluding hydrogens is 498 g/mol. The van der Waals surface area contributed by atoms with E-state index in [0.29, 0.717) is 23.0 Å². The summed E-state index contributed by atoms with van der Waals surface area (Å²) in [5.41, 5.74) is 5.24. The first kappa shape index (κ1) is 25.7. The second kappa shape index (κ2) is 11.3. The maximum Gasteiger partial charge on any atom is 0.262 e. The van der Waals surface area contributed by atoms with Crippen molar-refractivity contribution in [3.8, 4) is 11.1 Å². The average molecular weight is 530 g/mol. The fourth-order valence-corrected chi connectivity index (χ4v) is 5.32. The Hall–Kier alpha value is -4.55. The number of nitrogens with one attached hydrogen (secondary N) is 1. The molecule has 2 heterocycles. The van der Waals surface area contributed by atoms with E-state index >= 15 is 0 Å². The lowest BCUT2D eigenvalue weighted by Crippen LogP contribution is -2.31. The minimum atomic E-state index is -0.318. The number of nitrogens with zero attached hydrogens (tertiary/aromatic N) is 2. The molecule has 6 rings (SSSR count). The van der Waals surface area contributed by atoms with Crippen LogP contribution in [0.1, 0.15) is 47.4 Å². The summed E-state index contributed by atoms with van der Waals surface area (Å²) in [7, 11) is 0. The van der Waals surface area contributed by atoms with E-state index in [0.717, 1.165) is 36.0 Å². The number of amides is 1. The van der Waals surface area contributed by atoms with E-state index in [2.05, 4.69) is 48.6 Å². The summed E-state index contributed by atoms with van der Waals surface area (Å²) >= 11 is 0. The van der Waals surface area contributed by atoms with Gasteiger partial charge in [0, 0.05) is 5.56 Å². The average Bonchev–Trinajstić information content (AvgIpc) is 3.48. The molecule has 1 aromatic heterocycles. The van der Waals surface area contributed by atoms with Crippen LogP contribution in [0.5, 0.6) is 0 Å². The number of fused-ring (bicyclic) bond motifs is 1. The number of aryl methyl sites for hydroxylation is 1. The number of rotatable bonds is 7. The monoisotopic (exact) mass is 529 g/mol. The molecular formula is C34H31N3O3. The van der Waals surface area contributed by atoms with Crippen molar-refractivity contribution in [3.05, 3.63) is 130 Å². The van der Waals surface area contributed by atoms with E-state index in [1.165, 1.54) is 5.56 Å². The van der Waals surface area contributed by atoms with Crippen LogP contribution in [0.4, 0.5) is 5.95 Å². The predicted molar refractivity (Wildman–Crippen MR) is 159 cm³/mol. The molecule has 1 fully saturated rings. The molecule has 5 aromatic rings. The first-order valence-electron chi connectivity index (χ1n) is 13.8. The molecule has 2 atom stereocenters. The summed E-state index contributed by atoms with van der Waals surface area (Å²) in [6.45, 7) is 2.43. The Labute approximate surface area is 233 Å². The number of anilines is 1. The van der Waals surface area contributed by atoms with Gasteiger partial charge in [0.15, 0.2) is 0 Å². The highest BCUT2D eigenvalue weighted by Gasteiger charge is 2.28. The molecule has 2 unspecified atom stereocenters. The second-order valence-corrected chi connectivity index (χ2v) is 10.2. The molecule has 6 nitrogen and oxygen atoms in total. The summed E-state index contributed by atoms with van der Waals surface area (Å²) in [5.74, 6) is -0.0991. The molecule has 1 aliphatic rings. The zero-order chi connectivity index (χ0) is 27.5. The molecule has 0 spiro atoms. The van der Waals surface area contributed by atoms with E-state index in [1.807, 2.05) is 54.6 Å². The largest absolute Gasteiger partial charge is 0.368 e. The van der Waals surface area contributed by atoms with Crippen molar-refractivity contribution in [1.29, 1.82) is 0 Å². The topological polar surface area (TPSA) is 73.2 Å². The lowest BCUT2D eigenvalue weighted by molar-refractivity contribution is 0.0347. The first-order chi connectivity index (χ1) is 19.6. The number of carbonyl (C=O) groups excluding carboxylic acids is 1. The number of hydrogen-bond donors (Lipinski definition) is 1. The van der Waals surface area contributed by atoms with Crippen molar-refractivity contribution < 1.29 is 9.53 Å². The van der Waals surface area contributed by atoms with Crippen LogP contribution in [0.2, 0.25) is 0 Å². The van der Waals surface area contributed by atoms with Gasteiger partial charge < -0.3 is 4.74 Å². The molecule has 0 bridgehead atoms. The molecule has 1 amide bonds. The minimum absolute atomic E-state index is 0.0145. The van der Waals surface area contributed by atoms with Crippen LogP contribution in [0, 0.1) is 0 Å². The van der Waals surface area contributed by atoms with Crippen LogP contribution >= 0.6 is 0 Å². The van der Waals surface area contributed by atoms with Crippen molar-refractivity contribution in [3.63, 3.8) is 0 Å². The number of aromatic nitrogens is 2. The van der Waals surface area contributed by atoms with Crippen LogP contribution in [0.15, 0.2) is 108 Å². The van der Waals surface area contributed by atoms with E-state index in [-0.39, 0.29) is 29.6 Å². The normalized spacial score (nSPS) is 16.7. The molecule has 0 saturated carbocycles. The van der Waals surface area contributed by atoms with Crippen LogP contribution in [-0.4, -0.2) is 21.6 Å². The number of benzene rings is 4. The molecule has 200 valence electrons. The third kappa shape index (κ3) is 5.31. The van der Waals surface area contributed by atoms with Crippen molar-refractivity contribution in [1.82, 2.24) is 9.55 Å². The van der Waals surface area contributed by atoms with E-state index in [9.17, 15) is 9.59 Å². The Morgan fingerprint density at radius 3 is 2.33 bits per heavy atom. The Morgan fingerprint density at radius 2 is 1.60 bits per heavy atom. The highest BCUT2D eigenvalue weighted by atomic mass is 16.5. The van der Waals surface area contributed by atoms with Gasteiger partial charge in [-0.05, 0) is 65.8 Å². The summed E-state index contributed by atoms with van der Waals surface area (Å²) in [6.07, 6.45) is 2.46. The highest BCUT2D eigenvalue weighted by Crippen LogP contribution is 2.33. The number of carbonyl (C=O) groups is 1. The Balaban J connectivity index is 1.36. The highest BCUT2D eigenvalue weighted by molar-refractivity contribution is 6.03. The van der Waals surface area contributed by atoms with Gasteiger partial charge in [-0.15, -0.1) is 0 Å². The van der Waals surface area contributed by atoms with Gasteiger partial charge >= 0.3 is 0 Å². The van der Waals surface area contributed by atoms with Crippen LogP contribution < -0.4 is 10.9 Å². The zero-order valence-corrected chi connectivity index (χ0v) is 22.4. The van der Waals surface area contributed by atoms with E-state index < -0.39 is 0 Å². The van der Waals surface area contributed by atoms with Gasteiger partial charge in [0.05, 0.1) is 29.7 Å².